The van der Waals surface area contributed by atoms with Crippen molar-refractivity contribution in [2.24, 2.45) is 5.92 Å². The van der Waals surface area contributed by atoms with E-state index in [4.69, 9.17) is 4.74 Å². The van der Waals surface area contributed by atoms with Crippen LogP contribution < -0.4 is 0 Å². The van der Waals surface area contributed by atoms with Gasteiger partial charge >= 0.3 is 5.97 Å². The highest BCUT2D eigenvalue weighted by atomic mass is 32.1. The second kappa shape index (κ2) is 8.79. The van der Waals surface area contributed by atoms with Gasteiger partial charge in [0.1, 0.15) is 6.54 Å². The summed E-state index contributed by atoms with van der Waals surface area (Å²) in [5.74, 6) is -0.106. The van der Waals surface area contributed by atoms with E-state index in [9.17, 15) is 9.90 Å². The molecule has 0 spiro atoms. The second-order valence-electron chi connectivity index (χ2n) is 8.82. The van der Waals surface area contributed by atoms with Gasteiger partial charge in [-0.25, -0.2) is 4.79 Å². The van der Waals surface area contributed by atoms with Crippen molar-refractivity contribution in [3.8, 4) is 0 Å². The number of esters is 1. The normalized spacial score (nSPS) is 25.6. The van der Waals surface area contributed by atoms with Crippen LogP contribution in [-0.2, 0) is 21.6 Å². The Labute approximate surface area is 195 Å². The molecule has 31 heavy (non-hydrogen) atoms. The predicted molar refractivity (Wildman–Crippen MR) is 127 cm³/mol. The van der Waals surface area contributed by atoms with Crippen molar-refractivity contribution < 1.29 is 19.1 Å². The number of carbonyl (C=O) groups is 1. The minimum Gasteiger partial charge on any atom is -0.453 e. The van der Waals surface area contributed by atoms with Crippen LogP contribution in [0.3, 0.4) is 0 Å². The van der Waals surface area contributed by atoms with E-state index < -0.39 is 11.6 Å². The highest BCUT2D eigenvalue weighted by Gasteiger charge is 2.51. The molecule has 1 unspecified atom stereocenters. The average Bonchev–Trinajstić information content (AvgIpc) is 3.58. The monoisotopic (exact) mass is 474 g/mol. The van der Waals surface area contributed by atoms with Crippen LogP contribution in [0.4, 0.5) is 0 Å². The number of quaternary nitrogens is 1. The molecule has 6 rings (SSSR count). The van der Waals surface area contributed by atoms with Gasteiger partial charge in [0, 0.05) is 30.1 Å². The number of hydrogen-bond donors (Lipinski definition) is 1. The molecule has 3 aromatic heterocycles. The molecule has 0 aromatic carbocycles. The van der Waals surface area contributed by atoms with Crippen molar-refractivity contribution >= 4 is 40.0 Å². The molecule has 3 aliphatic heterocycles. The average molecular weight is 475 g/mol. The predicted octanol–water partition coefficient (Wildman–Crippen LogP) is 4.89. The summed E-state index contributed by atoms with van der Waals surface area (Å²) in [7, 11) is 0. The molecule has 3 aromatic rings. The lowest BCUT2D eigenvalue weighted by atomic mass is 9.82. The van der Waals surface area contributed by atoms with Crippen LogP contribution in [-0.4, -0.2) is 47.8 Å². The summed E-state index contributed by atoms with van der Waals surface area (Å²) in [6.07, 6.45) is 4.39. The Hall–Kier alpha value is -1.51. The minimum absolute atomic E-state index is 0.108. The first-order valence-electron chi connectivity index (χ1n) is 11.0. The first kappa shape index (κ1) is 21.3. The summed E-state index contributed by atoms with van der Waals surface area (Å²) in [5.41, 5.74) is -1.71. The van der Waals surface area contributed by atoms with E-state index in [-0.39, 0.29) is 6.10 Å². The quantitative estimate of drug-likeness (QED) is 0.373. The lowest BCUT2D eigenvalue weighted by Crippen LogP contribution is -2.65. The Balaban J connectivity index is 1.29. The number of aliphatic hydroxyl groups is 1. The van der Waals surface area contributed by atoms with E-state index >= 15 is 0 Å². The molecular weight excluding hydrogens is 446 g/mol. The van der Waals surface area contributed by atoms with Crippen LogP contribution in [0.2, 0.25) is 0 Å². The van der Waals surface area contributed by atoms with E-state index in [1.165, 1.54) is 47.1 Å². The summed E-state index contributed by atoms with van der Waals surface area (Å²) < 4.78 is 7.18. The van der Waals surface area contributed by atoms with Crippen LogP contribution in [0, 0.1) is 5.92 Å². The Morgan fingerprint density at radius 3 is 2.26 bits per heavy atom. The molecule has 3 saturated heterocycles. The van der Waals surface area contributed by atoms with Gasteiger partial charge in [-0.3, -0.25) is 0 Å². The molecule has 3 fully saturated rings. The summed E-state index contributed by atoms with van der Waals surface area (Å²) >= 11 is 4.62. The number of nitrogens with zero attached hydrogens (tertiary/aromatic N) is 1. The van der Waals surface area contributed by atoms with E-state index in [1.807, 2.05) is 46.4 Å². The van der Waals surface area contributed by atoms with Crippen molar-refractivity contribution in [2.45, 2.75) is 37.4 Å². The minimum atomic E-state index is -1.71. The van der Waals surface area contributed by atoms with Gasteiger partial charge in [-0.05, 0) is 40.8 Å². The van der Waals surface area contributed by atoms with Gasteiger partial charge in [0.05, 0.1) is 29.4 Å². The number of fused-ring (bicyclic) bond motifs is 3. The van der Waals surface area contributed by atoms with E-state index in [2.05, 4.69) is 17.5 Å². The molecule has 0 amide bonds. The summed E-state index contributed by atoms with van der Waals surface area (Å²) in [5, 5.41) is 17.5. The van der Waals surface area contributed by atoms with Crippen molar-refractivity contribution in [1.82, 2.24) is 0 Å². The van der Waals surface area contributed by atoms with Gasteiger partial charge in [-0.1, -0.05) is 18.2 Å². The van der Waals surface area contributed by atoms with Gasteiger partial charge in [-0.2, -0.15) is 0 Å². The van der Waals surface area contributed by atoms with Crippen molar-refractivity contribution in [3.05, 3.63) is 67.2 Å². The largest absolute Gasteiger partial charge is 0.453 e. The molecule has 0 aliphatic carbocycles. The van der Waals surface area contributed by atoms with Crippen LogP contribution >= 0.6 is 34.0 Å². The highest BCUT2D eigenvalue weighted by molar-refractivity contribution is 7.12. The molecule has 7 heteroatoms. The molecule has 0 saturated carbocycles. The van der Waals surface area contributed by atoms with Gasteiger partial charge in [0.15, 0.2) is 6.10 Å². The number of piperidine rings is 3. The number of carbonyl (C=O) groups excluding carboxylic acids is 1. The molecule has 1 atom stereocenters. The number of thiophene rings is 3. The number of ether oxygens (including phenoxy) is 1. The Morgan fingerprint density at radius 2 is 1.68 bits per heavy atom. The van der Waals surface area contributed by atoms with Crippen LogP contribution in [0.25, 0.3) is 0 Å². The van der Waals surface area contributed by atoms with E-state index in [1.54, 1.807) is 0 Å². The third kappa shape index (κ3) is 4.14. The lowest BCUT2D eigenvalue weighted by molar-refractivity contribution is -0.946. The van der Waals surface area contributed by atoms with Crippen molar-refractivity contribution in [1.29, 1.82) is 0 Å². The van der Waals surface area contributed by atoms with E-state index in [0.717, 1.165) is 36.8 Å². The fraction of sp³-hybridized carbons (Fsp3) is 0.458. The molecule has 1 N–H and O–H groups in total. The fourth-order valence-electron chi connectivity index (χ4n) is 5.23. The van der Waals surface area contributed by atoms with Crippen molar-refractivity contribution in [2.75, 3.05) is 26.2 Å². The van der Waals surface area contributed by atoms with Gasteiger partial charge < -0.3 is 14.3 Å². The molecule has 2 bridgehead atoms. The topological polar surface area (TPSA) is 46.5 Å². The van der Waals surface area contributed by atoms with E-state index in [0.29, 0.717) is 15.7 Å². The van der Waals surface area contributed by atoms with Crippen LogP contribution in [0.5, 0.6) is 0 Å². The maximum Gasteiger partial charge on any atom is 0.349 e. The fourth-order valence-corrected chi connectivity index (χ4v) is 7.69. The molecule has 164 valence electrons. The Kier molecular flexibility index (Phi) is 6.05. The lowest BCUT2D eigenvalue weighted by Gasteiger charge is -2.52. The number of hydrogen-bond acceptors (Lipinski definition) is 6. The molecule has 4 nitrogen and oxygen atoms in total. The zero-order chi connectivity index (χ0) is 21.3. The van der Waals surface area contributed by atoms with Gasteiger partial charge in [0.25, 0.3) is 0 Å². The molecule has 6 heterocycles. The molecular formula is C24H28NO3S3+. The van der Waals surface area contributed by atoms with Gasteiger partial charge in [-0.15, -0.1) is 34.0 Å². The summed E-state index contributed by atoms with van der Waals surface area (Å²) in [6.45, 7) is 4.39. The smallest absolute Gasteiger partial charge is 0.349 e. The first-order valence-corrected chi connectivity index (χ1v) is 13.6. The zero-order valence-electron chi connectivity index (χ0n) is 17.4. The Bertz CT molecular complexity index is 939. The SMILES string of the molecule is O=C(OC1C[N+]2(CCCc3cccs3)CCC1CC2)C(O)(c1cccs1)c1cccs1. The first-order chi connectivity index (χ1) is 15.1. The van der Waals surface area contributed by atoms with Crippen LogP contribution in [0.15, 0.2) is 52.5 Å². The van der Waals surface area contributed by atoms with Crippen LogP contribution in [0.1, 0.15) is 33.9 Å². The maximum atomic E-state index is 13.4. The van der Waals surface area contributed by atoms with Gasteiger partial charge in [0.2, 0.25) is 5.60 Å². The Morgan fingerprint density at radius 1 is 1.03 bits per heavy atom. The number of rotatable bonds is 8. The second-order valence-corrected chi connectivity index (χ2v) is 11.8. The molecule has 3 aliphatic rings. The molecule has 0 radical (unpaired) electrons. The standard InChI is InChI=1S/C24H28NO3S3/c26-23(24(27,21-7-3-15-30-21)22-8-4-16-31-22)28-20-17-25(12-9-18(20)10-13-25)11-1-5-19-6-2-14-29-19/h2-4,6-8,14-16,18,20,27H,1,5,9-13,17H2/q+1. The third-order valence-electron chi connectivity index (χ3n) is 6.99. The maximum absolute atomic E-state index is 13.4. The number of aryl methyl sites for hydroxylation is 1. The summed E-state index contributed by atoms with van der Waals surface area (Å²) in [4.78, 5) is 16.1. The zero-order valence-corrected chi connectivity index (χ0v) is 19.9. The van der Waals surface area contributed by atoms with Crippen molar-refractivity contribution in [3.63, 3.8) is 0 Å². The highest BCUT2D eigenvalue weighted by Crippen LogP contribution is 2.40. The summed E-state index contributed by atoms with van der Waals surface area (Å²) in [6, 6.07) is 11.7. The third-order valence-corrected chi connectivity index (χ3v) is 9.88.